The molecule has 12 nitrogen and oxygen atoms in total. The lowest BCUT2D eigenvalue weighted by Crippen LogP contribution is -2.61. The maximum atomic E-state index is 13.1. The number of carbonyl (C=O) groups excluding carboxylic acids is 3. The van der Waals surface area contributed by atoms with Gasteiger partial charge in [-0.15, -0.1) is 0 Å². The zero-order valence-electron chi connectivity index (χ0n) is 46.5. The van der Waals surface area contributed by atoms with E-state index in [1.165, 1.54) is 38.5 Å². The molecule has 1 rings (SSSR count). The molecule has 1 heterocycles. The first-order valence-electron chi connectivity index (χ1n) is 28.9. The first-order valence-corrected chi connectivity index (χ1v) is 28.9. The Kier molecular flexibility index (Phi) is 45.8. The van der Waals surface area contributed by atoms with Gasteiger partial charge in [0.2, 0.25) is 0 Å². The number of aliphatic hydroxyl groups is 2. The number of aliphatic carboxylic acids is 1. The number of hydrogen-bond acceptors (Lipinski definition) is 11. The molecule has 3 N–H and O–H groups in total. The molecule has 0 spiro atoms. The number of carboxylic acid groups (broad SMARTS) is 1. The van der Waals surface area contributed by atoms with Crippen molar-refractivity contribution in [1.29, 1.82) is 0 Å². The van der Waals surface area contributed by atoms with Crippen LogP contribution >= 0.6 is 0 Å². The molecule has 0 aromatic rings. The van der Waals surface area contributed by atoms with Gasteiger partial charge in [-0.1, -0.05) is 194 Å². The lowest BCUT2D eigenvalue weighted by atomic mass is 9.98. The summed E-state index contributed by atoms with van der Waals surface area (Å²) in [4.78, 5) is 51.0. The minimum Gasteiger partial charge on any atom is -0.479 e. The van der Waals surface area contributed by atoms with Crippen molar-refractivity contribution < 1.29 is 58.2 Å². The van der Waals surface area contributed by atoms with Crippen LogP contribution in [-0.2, 0) is 42.9 Å². The fourth-order valence-corrected chi connectivity index (χ4v) is 7.95. The van der Waals surface area contributed by atoms with E-state index < -0.39 is 67.3 Å². The van der Waals surface area contributed by atoms with Gasteiger partial charge in [-0.3, -0.25) is 14.4 Å². The third-order valence-electron chi connectivity index (χ3n) is 12.3. The number of carbonyl (C=O) groups is 4. The molecular weight excluding hydrogens is 949 g/mol. The van der Waals surface area contributed by atoms with E-state index in [0.29, 0.717) is 25.7 Å². The molecule has 0 saturated carbocycles. The van der Waals surface area contributed by atoms with Crippen molar-refractivity contribution in [2.24, 2.45) is 0 Å². The number of ether oxygens (including phenoxy) is 5. The molecule has 1 aliphatic heterocycles. The van der Waals surface area contributed by atoms with Gasteiger partial charge in [-0.05, 0) is 109 Å². The molecule has 0 bridgehead atoms. The van der Waals surface area contributed by atoms with E-state index in [-0.39, 0.29) is 25.9 Å². The Morgan fingerprint density at radius 3 is 1.35 bits per heavy atom. The Labute approximate surface area is 453 Å². The summed E-state index contributed by atoms with van der Waals surface area (Å²) in [7, 11) is 0. The molecule has 1 aliphatic rings. The molecule has 6 unspecified atom stereocenters. The van der Waals surface area contributed by atoms with Crippen LogP contribution in [0.1, 0.15) is 213 Å². The van der Waals surface area contributed by atoms with Crippen molar-refractivity contribution in [3.05, 3.63) is 109 Å². The Hall–Kier alpha value is -4.62. The number of hydrogen-bond donors (Lipinski definition) is 3. The molecule has 1 saturated heterocycles. The topological polar surface area (TPSA) is 175 Å². The fourth-order valence-electron chi connectivity index (χ4n) is 7.95. The Balaban J connectivity index is 2.76. The predicted octanol–water partition coefficient (Wildman–Crippen LogP) is 14.7. The second-order valence-corrected chi connectivity index (χ2v) is 19.2. The van der Waals surface area contributed by atoms with Gasteiger partial charge in [0.05, 0.1) is 6.61 Å². The summed E-state index contributed by atoms with van der Waals surface area (Å²) in [5, 5.41) is 31.4. The largest absolute Gasteiger partial charge is 0.479 e. The van der Waals surface area contributed by atoms with E-state index >= 15 is 0 Å². The first-order chi connectivity index (χ1) is 36.6. The highest BCUT2D eigenvalue weighted by Crippen LogP contribution is 2.26. The summed E-state index contributed by atoms with van der Waals surface area (Å²) in [5.74, 6) is -3.29. The summed E-state index contributed by atoms with van der Waals surface area (Å²) < 4.78 is 28.3. The van der Waals surface area contributed by atoms with Crippen molar-refractivity contribution in [2.75, 3.05) is 13.2 Å². The van der Waals surface area contributed by atoms with Crippen LogP contribution in [0, 0.1) is 0 Å². The van der Waals surface area contributed by atoms with Crippen molar-refractivity contribution in [2.45, 2.75) is 250 Å². The van der Waals surface area contributed by atoms with Crippen LogP contribution in [0.15, 0.2) is 109 Å². The average Bonchev–Trinajstić information content (AvgIpc) is 3.39. The molecule has 0 radical (unpaired) electrons. The first kappa shape index (κ1) is 68.4. The standard InChI is InChI=1S/C63H100O12/c1-4-7-10-13-16-19-22-25-27-28-30-32-34-37-40-43-46-49-55(64)71-52-54(73-56(65)50-47-44-41-38-35-31-24-21-18-15-12-9-6-3)53-72-63-61(59(68)58(67)60(75-63)62(69)70)74-57(66)51-48-45-42-39-36-33-29-26-23-20-17-14-11-8-5-2/h7,9-10,12,16,18-19,21,25-27,29-32,35,41,44,54,58-61,63,67-68H,4-6,8,11,13-15,17,20,22-24,28,33-34,36-40,42-43,45-53H2,1-3H3,(H,69,70)/b10-7-,12-9-,19-16-,21-18-,27-25-,29-26-,32-30-,35-31-,44-41-. The number of allylic oxidation sites excluding steroid dienone is 18. The van der Waals surface area contributed by atoms with E-state index in [2.05, 4.69) is 118 Å². The molecule has 424 valence electrons. The molecule has 1 fully saturated rings. The summed E-state index contributed by atoms with van der Waals surface area (Å²) >= 11 is 0. The normalized spacial score (nSPS) is 19.0. The molecule has 0 aliphatic carbocycles. The second-order valence-electron chi connectivity index (χ2n) is 19.2. The molecule has 0 aromatic carbocycles. The highest BCUT2D eigenvalue weighted by molar-refractivity contribution is 5.74. The molecule has 0 aromatic heterocycles. The number of esters is 3. The minimum atomic E-state index is -1.92. The van der Waals surface area contributed by atoms with Gasteiger partial charge in [0, 0.05) is 19.3 Å². The fraction of sp³-hybridized carbons (Fsp3) is 0.651. The highest BCUT2D eigenvalue weighted by Gasteiger charge is 2.50. The Morgan fingerprint density at radius 1 is 0.453 bits per heavy atom. The van der Waals surface area contributed by atoms with E-state index in [4.69, 9.17) is 23.7 Å². The van der Waals surface area contributed by atoms with Crippen LogP contribution in [0.2, 0.25) is 0 Å². The van der Waals surface area contributed by atoms with Gasteiger partial charge < -0.3 is 39.0 Å². The van der Waals surface area contributed by atoms with E-state index in [9.17, 15) is 34.5 Å². The van der Waals surface area contributed by atoms with Crippen LogP contribution < -0.4 is 0 Å². The van der Waals surface area contributed by atoms with E-state index in [1.807, 2.05) is 12.2 Å². The summed E-state index contributed by atoms with van der Waals surface area (Å²) in [6.45, 7) is 5.65. The zero-order valence-corrected chi connectivity index (χ0v) is 46.5. The van der Waals surface area contributed by atoms with Crippen molar-refractivity contribution in [1.82, 2.24) is 0 Å². The Bertz CT molecular complexity index is 1720. The van der Waals surface area contributed by atoms with Crippen LogP contribution in [-0.4, -0.2) is 89.2 Å². The SMILES string of the molecule is CC/C=C\C/C=C\C/C=C\C/C=C\CCCCCCC(=O)OCC(COC1OC(C(=O)O)C(O)C(O)C1OC(=O)CCCCCCC/C=C\CCCCCCCC)OC(=O)CC/C=C\C/C=C\C/C=C\C/C=C\CC. The average molecular weight is 1050 g/mol. The number of aliphatic hydroxyl groups excluding tert-OH is 2. The van der Waals surface area contributed by atoms with Crippen LogP contribution in [0.4, 0.5) is 0 Å². The van der Waals surface area contributed by atoms with Gasteiger partial charge in [0.15, 0.2) is 24.6 Å². The quantitative estimate of drug-likeness (QED) is 0.0228. The van der Waals surface area contributed by atoms with Crippen molar-refractivity contribution in [3.63, 3.8) is 0 Å². The smallest absolute Gasteiger partial charge is 0.335 e. The van der Waals surface area contributed by atoms with E-state index in [1.54, 1.807) is 0 Å². The van der Waals surface area contributed by atoms with Crippen molar-refractivity contribution in [3.8, 4) is 0 Å². The van der Waals surface area contributed by atoms with Crippen LogP contribution in [0.5, 0.6) is 0 Å². The number of carboxylic acids is 1. The van der Waals surface area contributed by atoms with Gasteiger partial charge in [-0.25, -0.2) is 4.79 Å². The monoisotopic (exact) mass is 1050 g/mol. The molecule has 6 atom stereocenters. The third-order valence-corrected chi connectivity index (χ3v) is 12.3. The molecule has 75 heavy (non-hydrogen) atoms. The maximum Gasteiger partial charge on any atom is 0.335 e. The molecule has 12 heteroatoms. The number of unbranched alkanes of at least 4 members (excludes halogenated alkanes) is 15. The maximum absolute atomic E-state index is 13.1. The molecule has 0 amide bonds. The number of rotatable bonds is 47. The lowest BCUT2D eigenvalue weighted by molar-refractivity contribution is -0.301. The second kappa shape index (κ2) is 50.2. The van der Waals surface area contributed by atoms with Gasteiger partial charge >= 0.3 is 23.9 Å². The lowest BCUT2D eigenvalue weighted by Gasteiger charge is -2.40. The van der Waals surface area contributed by atoms with Crippen molar-refractivity contribution >= 4 is 23.9 Å². The molecular formula is C63H100O12. The predicted molar refractivity (Wildman–Crippen MR) is 303 cm³/mol. The summed E-state index contributed by atoms with van der Waals surface area (Å²) in [5.41, 5.74) is 0. The van der Waals surface area contributed by atoms with E-state index in [0.717, 1.165) is 109 Å². The Morgan fingerprint density at radius 2 is 0.867 bits per heavy atom. The van der Waals surface area contributed by atoms with Gasteiger partial charge in [0.25, 0.3) is 0 Å². The highest BCUT2D eigenvalue weighted by atomic mass is 16.7. The minimum absolute atomic E-state index is 0.0299. The summed E-state index contributed by atoms with van der Waals surface area (Å²) in [6, 6.07) is 0. The van der Waals surface area contributed by atoms with Gasteiger partial charge in [-0.2, -0.15) is 0 Å². The van der Waals surface area contributed by atoms with Crippen LogP contribution in [0.3, 0.4) is 0 Å². The van der Waals surface area contributed by atoms with Gasteiger partial charge in [0.1, 0.15) is 18.8 Å². The zero-order chi connectivity index (χ0) is 54.7. The third kappa shape index (κ3) is 40.3. The summed E-state index contributed by atoms with van der Waals surface area (Å²) in [6.07, 6.45) is 55.1. The van der Waals surface area contributed by atoms with Crippen LogP contribution in [0.25, 0.3) is 0 Å².